The summed E-state index contributed by atoms with van der Waals surface area (Å²) in [5.74, 6) is -7.79. The van der Waals surface area contributed by atoms with Crippen LogP contribution in [0.2, 0.25) is 0 Å². The molecule has 7 amide bonds. The molecule has 0 aromatic heterocycles. The highest BCUT2D eigenvalue weighted by atomic mass is 16.5. The van der Waals surface area contributed by atoms with Gasteiger partial charge in [-0.1, -0.05) is 102 Å². The Balaban J connectivity index is 2.17. The van der Waals surface area contributed by atoms with E-state index in [0.29, 0.717) is 17.5 Å². The average Bonchev–Trinajstić information content (AvgIpc) is 3.24. The van der Waals surface area contributed by atoms with Gasteiger partial charge >= 0.3 is 5.97 Å². The van der Waals surface area contributed by atoms with Crippen LogP contribution in [-0.4, -0.2) is 119 Å². The number of ether oxygens (including phenoxy) is 1. The van der Waals surface area contributed by atoms with Crippen molar-refractivity contribution >= 4 is 47.3 Å². The highest BCUT2D eigenvalue weighted by Gasteiger charge is 2.39. The molecule has 18 nitrogen and oxygen atoms in total. The first-order valence-electron chi connectivity index (χ1n) is 21.9. The zero-order valence-electron chi connectivity index (χ0n) is 38.0. The number of hydrogen-bond acceptors (Lipinski definition) is 11. The van der Waals surface area contributed by atoms with Gasteiger partial charge in [0, 0.05) is 18.8 Å². The van der Waals surface area contributed by atoms with Gasteiger partial charge in [-0.2, -0.15) is 0 Å². The predicted octanol–water partition coefficient (Wildman–Crippen LogP) is 0.322. The van der Waals surface area contributed by atoms with Gasteiger partial charge < -0.3 is 52.2 Å². The minimum atomic E-state index is -1.79. The second-order valence-electron chi connectivity index (χ2n) is 17.3. The Morgan fingerprint density at radius 1 is 0.656 bits per heavy atom. The Labute approximate surface area is 375 Å². The van der Waals surface area contributed by atoms with Gasteiger partial charge in [0.05, 0.1) is 12.7 Å². The lowest BCUT2D eigenvalue weighted by atomic mass is 9.99. The highest BCUT2D eigenvalue weighted by molar-refractivity contribution is 5.98. The lowest BCUT2D eigenvalue weighted by Crippen LogP contribution is -2.62. The Hall–Kier alpha value is -5.88. The van der Waals surface area contributed by atoms with E-state index >= 15 is 0 Å². The maximum Gasteiger partial charge on any atom is 0.331 e. The number of nitrogens with one attached hydrogen (secondary N) is 7. The molecular weight excluding hydrogens is 827 g/mol. The normalized spacial score (nSPS) is 24.5. The number of amides is 7. The summed E-state index contributed by atoms with van der Waals surface area (Å²) in [7, 11) is 0. The van der Waals surface area contributed by atoms with E-state index in [2.05, 4.69) is 37.2 Å². The Bertz CT molecular complexity index is 1900. The fraction of sp³-hybridized carbons (Fsp3) is 0.565. The third-order valence-electron chi connectivity index (χ3n) is 10.8. The van der Waals surface area contributed by atoms with Gasteiger partial charge in [0.2, 0.25) is 41.4 Å². The van der Waals surface area contributed by atoms with Crippen LogP contribution in [-0.2, 0) is 55.9 Å². The molecule has 0 aliphatic carbocycles. The number of hydrogen-bond donors (Lipinski definition) is 9. The first-order chi connectivity index (χ1) is 30.2. The van der Waals surface area contributed by atoms with Gasteiger partial charge in [0.25, 0.3) is 0 Å². The van der Waals surface area contributed by atoms with Crippen LogP contribution in [0.1, 0.15) is 85.8 Å². The van der Waals surface area contributed by atoms with Gasteiger partial charge in [0.15, 0.2) is 6.04 Å². The molecule has 1 heterocycles. The van der Waals surface area contributed by atoms with E-state index in [-0.39, 0.29) is 37.5 Å². The summed E-state index contributed by atoms with van der Waals surface area (Å²) in [5, 5.41) is 39.1. The van der Waals surface area contributed by atoms with Crippen LogP contribution in [0.5, 0.6) is 0 Å². The lowest BCUT2D eigenvalue weighted by molar-refractivity contribution is -0.157. The number of aliphatic hydroxyl groups is 2. The van der Waals surface area contributed by atoms with Crippen LogP contribution in [0.25, 0.3) is 0 Å². The predicted molar refractivity (Wildman–Crippen MR) is 236 cm³/mol. The molecule has 1 unspecified atom stereocenters. The topological polar surface area (TPSA) is 270 Å². The quantitative estimate of drug-likeness (QED) is 0.110. The molecule has 1 fully saturated rings. The molecule has 352 valence electrons. The number of esters is 1. The highest BCUT2D eigenvalue weighted by Crippen LogP contribution is 2.14. The number of rotatable bonds is 15. The Kier molecular flexibility index (Phi) is 20.8. The lowest BCUT2D eigenvalue weighted by Gasteiger charge is -2.30. The zero-order valence-corrected chi connectivity index (χ0v) is 38.0. The summed E-state index contributed by atoms with van der Waals surface area (Å²) in [4.78, 5) is 111. The Morgan fingerprint density at radius 2 is 1.14 bits per heavy atom. The van der Waals surface area contributed by atoms with Crippen LogP contribution in [0.15, 0.2) is 60.7 Å². The average molecular weight is 894 g/mol. The fourth-order valence-corrected chi connectivity index (χ4v) is 6.91. The molecule has 3 rings (SSSR count). The third-order valence-corrected chi connectivity index (χ3v) is 10.8. The number of cyclic esters (lactones) is 1. The first kappa shape index (κ1) is 52.5. The van der Waals surface area contributed by atoms with Gasteiger partial charge in [-0.15, -0.1) is 0 Å². The maximum absolute atomic E-state index is 14.5. The molecule has 9 N–H and O–H groups in total. The monoisotopic (exact) mass is 893 g/mol. The van der Waals surface area contributed by atoms with E-state index in [0.717, 1.165) is 0 Å². The summed E-state index contributed by atoms with van der Waals surface area (Å²) in [6, 6.07) is 7.26. The van der Waals surface area contributed by atoms with Gasteiger partial charge in [-0.25, -0.2) is 4.79 Å². The van der Waals surface area contributed by atoms with Crippen molar-refractivity contribution in [3.05, 3.63) is 71.8 Å². The van der Waals surface area contributed by atoms with Crippen molar-refractivity contribution in [3.8, 4) is 0 Å². The van der Waals surface area contributed by atoms with Crippen molar-refractivity contribution in [1.29, 1.82) is 0 Å². The van der Waals surface area contributed by atoms with Crippen LogP contribution in [0.3, 0.4) is 0 Å². The number of carbonyl (C=O) groups is 8. The molecule has 1 saturated heterocycles. The molecule has 2 aromatic carbocycles. The molecule has 0 saturated carbocycles. The maximum atomic E-state index is 14.5. The minimum Gasteiger partial charge on any atom is -0.458 e. The van der Waals surface area contributed by atoms with E-state index in [4.69, 9.17) is 4.74 Å². The number of carbonyl (C=O) groups excluding carboxylic acids is 8. The van der Waals surface area contributed by atoms with Crippen molar-refractivity contribution in [2.75, 3.05) is 6.61 Å². The molecule has 10 atom stereocenters. The summed E-state index contributed by atoms with van der Waals surface area (Å²) in [5.41, 5.74) is 1.34. The summed E-state index contributed by atoms with van der Waals surface area (Å²) < 4.78 is 5.62. The van der Waals surface area contributed by atoms with Crippen LogP contribution >= 0.6 is 0 Å². The molecule has 1 aliphatic heterocycles. The molecule has 0 bridgehead atoms. The standard InChI is InChI=1S/C46H67N7O11/c1-9-27(6)39(56)47-35(23-31-18-14-11-15-19-31)43(60)53-38-29(8)64-46(63)36(24-54)51-44(61)37(28(7)55)52-42(59)33(21-26(4)5)48-41(58)34(22-30-16-12-10-13-17-30)49-40(57)32(20-25(2)3)50-45(38)62/h10-19,25-29,32-38,54-55H,9,20-24H2,1-8H3,(H,47,56)(H,48,58)(H,49,57)(H,50,62)(H,51,61)(H,52,59)(H,53,60)/t27?,28-,29-,32-,33-,34-,35-,36+,37+,38+/m1/s1. The second kappa shape index (κ2) is 25.4. The molecule has 0 radical (unpaired) electrons. The van der Waals surface area contributed by atoms with Gasteiger partial charge in [-0.05, 0) is 56.1 Å². The number of aliphatic hydroxyl groups excluding tert-OH is 2. The Morgan fingerprint density at radius 3 is 1.66 bits per heavy atom. The zero-order chi connectivity index (χ0) is 47.7. The molecule has 18 heteroatoms. The van der Waals surface area contributed by atoms with E-state index in [1.807, 2.05) is 6.92 Å². The van der Waals surface area contributed by atoms with Crippen molar-refractivity contribution in [1.82, 2.24) is 37.2 Å². The van der Waals surface area contributed by atoms with E-state index in [9.17, 15) is 48.6 Å². The molecule has 1 aliphatic rings. The largest absolute Gasteiger partial charge is 0.458 e. The van der Waals surface area contributed by atoms with Gasteiger partial charge in [-0.3, -0.25) is 33.6 Å². The smallest absolute Gasteiger partial charge is 0.331 e. The summed E-state index contributed by atoms with van der Waals surface area (Å²) in [6.45, 7) is 12.2. The molecular formula is C46H67N7O11. The fourth-order valence-electron chi connectivity index (χ4n) is 6.91. The van der Waals surface area contributed by atoms with Crippen molar-refractivity contribution in [3.63, 3.8) is 0 Å². The third kappa shape index (κ3) is 16.3. The van der Waals surface area contributed by atoms with Crippen LogP contribution < -0.4 is 37.2 Å². The second-order valence-corrected chi connectivity index (χ2v) is 17.3. The first-order valence-corrected chi connectivity index (χ1v) is 21.9. The summed E-state index contributed by atoms with van der Waals surface area (Å²) in [6.07, 6.45) is -2.51. The summed E-state index contributed by atoms with van der Waals surface area (Å²) >= 11 is 0. The van der Waals surface area contributed by atoms with Gasteiger partial charge in [0.1, 0.15) is 42.4 Å². The molecule has 64 heavy (non-hydrogen) atoms. The van der Waals surface area contributed by atoms with Crippen LogP contribution in [0.4, 0.5) is 0 Å². The molecule has 0 spiro atoms. The van der Waals surface area contributed by atoms with E-state index < -0.39 is 114 Å². The SMILES string of the molecule is CCC(C)C(=O)N[C@H](Cc1ccccc1)C(=O)N[C@@H]1C(=O)N[C@H](CC(C)C)C(=O)N[C@H](Cc2ccccc2)C(=O)N[C@H](CC(C)C)C(=O)N[C@@H]([C@@H](C)O)C(=O)N[C@@H](CO)C(=O)O[C@@H]1C. The van der Waals surface area contributed by atoms with Crippen LogP contribution in [0, 0.1) is 17.8 Å². The van der Waals surface area contributed by atoms with Crippen molar-refractivity contribution in [2.24, 2.45) is 17.8 Å². The minimum absolute atomic E-state index is 0.0121. The van der Waals surface area contributed by atoms with E-state index in [1.54, 1.807) is 95.3 Å². The van der Waals surface area contributed by atoms with Crippen molar-refractivity contribution < 1.29 is 53.3 Å². The molecule has 2 aromatic rings. The van der Waals surface area contributed by atoms with Crippen molar-refractivity contribution in [2.45, 2.75) is 142 Å². The number of benzene rings is 2. The van der Waals surface area contributed by atoms with E-state index in [1.165, 1.54) is 13.8 Å².